The van der Waals surface area contributed by atoms with Crippen molar-refractivity contribution in [3.63, 3.8) is 0 Å². The van der Waals surface area contributed by atoms with Crippen molar-refractivity contribution in [2.75, 3.05) is 14.2 Å². The van der Waals surface area contributed by atoms with E-state index >= 15 is 0 Å². The molecule has 114 valence electrons. The Morgan fingerprint density at radius 1 is 1.15 bits per heavy atom. The summed E-state index contributed by atoms with van der Waals surface area (Å²) in [4.78, 5) is 0. The average Bonchev–Trinajstić information content (AvgIpc) is 2.77. The molecular formula is C17H28O3. The molecule has 0 aromatic heterocycles. The van der Waals surface area contributed by atoms with E-state index in [2.05, 4.69) is 26.8 Å². The fourth-order valence-corrected chi connectivity index (χ4v) is 5.26. The van der Waals surface area contributed by atoms with Crippen LogP contribution in [0.5, 0.6) is 0 Å². The minimum atomic E-state index is -0.215. The average molecular weight is 280 g/mol. The second kappa shape index (κ2) is 4.82. The lowest BCUT2D eigenvalue weighted by atomic mass is 9.49. The largest absolute Gasteiger partial charge is 0.355 e. The highest BCUT2D eigenvalue weighted by Crippen LogP contribution is 2.62. The Balaban J connectivity index is 2.02. The highest BCUT2D eigenvalue weighted by molar-refractivity contribution is 5.25. The summed E-state index contributed by atoms with van der Waals surface area (Å²) >= 11 is 0. The number of fused-ring (bicyclic) bond motifs is 3. The van der Waals surface area contributed by atoms with Crippen LogP contribution in [0.3, 0.4) is 0 Å². The molecule has 1 saturated carbocycles. The molecule has 0 radical (unpaired) electrons. The lowest BCUT2D eigenvalue weighted by Crippen LogP contribution is -2.50. The molecule has 2 aliphatic carbocycles. The van der Waals surface area contributed by atoms with Gasteiger partial charge in [-0.3, -0.25) is 0 Å². The second-order valence-corrected chi connectivity index (χ2v) is 7.63. The molecule has 3 aliphatic rings. The summed E-state index contributed by atoms with van der Waals surface area (Å²) < 4.78 is 17.1. The first kappa shape index (κ1) is 14.6. The number of rotatable bonds is 2. The lowest BCUT2D eigenvalue weighted by molar-refractivity contribution is -0.205. The first-order chi connectivity index (χ1) is 9.44. The Labute approximate surface area is 122 Å². The van der Waals surface area contributed by atoms with Crippen molar-refractivity contribution in [2.24, 2.45) is 22.7 Å². The molecule has 1 aliphatic heterocycles. The summed E-state index contributed by atoms with van der Waals surface area (Å²) in [5.74, 6) is 1.05. The predicted octanol–water partition coefficient (Wildman–Crippen LogP) is 3.74. The predicted molar refractivity (Wildman–Crippen MR) is 78.1 cm³/mol. The molecule has 0 amide bonds. The van der Waals surface area contributed by atoms with Gasteiger partial charge in [0, 0.05) is 20.1 Å². The van der Waals surface area contributed by atoms with Crippen molar-refractivity contribution in [3.05, 3.63) is 11.6 Å². The number of methoxy groups -OCH3 is 2. The zero-order valence-electron chi connectivity index (χ0n) is 13.4. The van der Waals surface area contributed by atoms with E-state index in [0.717, 1.165) is 6.42 Å². The molecule has 20 heavy (non-hydrogen) atoms. The lowest BCUT2D eigenvalue weighted by Gasteiger charge is -2.56. The maximum absolute atomic E-state index is 5.98. The molecule has 1 heterocycles. The Hall–Kier alpha value is -0.380. The summed E-state index contributed by atoms with van der Waals surface area (Å²) in [6.45, 7) is 7.31. The maximum Gasteiger partial charge on any atom is 0.183 e. The van der Waals surface area contributed by atoms with Crippen molar-refractivity contribution in [2.45, 2.75) is 59.0 Å². The van der Waals surface area contributed by atoms with Crippen LogP contribution < -0.4 is 0 Å². The summed E-state index contributed by atoms with van der Waals surface area (Å²) in [6.07, 6.45) is 7.04. The van der Waals surface area contributed by atoms with E-state index in [4.69, 9.17) is 14.2 Å². The number of hydrogen-bond acceptors (Lipinski definition) is 3. The second-order valence-electron chi connectivity index (χ2n) is 7.63. The molecular weight excluding hydrogens is 252 g/mol. The molecule has 0 aromatic carbocycles. The Morgan fingerprint density at radius 3 is 2.55 bits per heavy atom. The molecule has 3 rings (SSSR count). The topological polar surface area (TPSA) is 27.7 Å². The smallest absolute Gasteiger partial charge is 0.183 e. The van der Waals surface area contributed by atoms with Crippen LogP contribution in [0.15, 0.2) is 11.6 Å². The van der Waals surface area contributed by atoms with E-state index in [9.17, 15) is 0 Å². The van der Waals surface area contributed by atoms with Gasteiger partial charge in [0.05, 0.1) is 0 Å². The van der Waals surface area contributed by atoms with Gasteiger partial charge in [-0.2, -0.15) is 0 Å². The van der Waals surface area contributed by atoms with E-state index in [0.29, 0.717) is 17.3 Å². The molecule has 0 N–H and O–H groups in total. The third-order valence-corrected chi connectivity index (χ3v) is 6.18. The third kappa shape index (κ3) is 1.90. The third-order valence-electron chi connectivity index (χ3n) is 6.18. The molecule has 3 nitrogen and oxygen atoms in total. The van der Waals surface area contributed by atoms with Gasteiger partial charge in [-0.1, -0.05) is 33.3 Å². The van der Waals surface area contributed by atoms with Crippen molar-refractivity contribution in [3.8, 4) is 0 Å². The first-order valence-electron chi connectivity index (χ1n) is 7.85. The van der Waals surface area contributed by atoms with E-state index in [1.54, 1.807) is 14.2 Å². The highest BCUT2D eigenvalue weighted by atomic mass is 16.8. The summed E-state index contributed by atoms with van der Waals surface area (Å²) in [7, 11) is 3.47. The van der Waals surface area contributed by atoms with Crippen molar-refractivity contribution >= 4 is 0 Å². The van der Waals surface area contributed by atoms with Gasteiger partial charge >= 0.3 is 0 Å². The van der Waals surface area contributed by atoms with Crippen LogP contribution in [0, 0.1) is 22.7 Å². The van der Waals surface area contributed by atoms with Gasteiger partial charge in [0.2, 0.25) is 0 Å². The molecule has 2 fully saturated rings. The van der Waals surface area contributed by atoms with Gasteiger partial charge in [0.1, 0.15) is 0 Å². The summed E-state index contributed by atoms with van der Waals surface area (Å²) in [5, 5.41) is 0. The zero-order chi connectivity index (χ0) is 14.5. The van der Waals surface area contributed by atoms with E-state index in [1.807, 2.05) is 0 Å². The van der Waals surface area contributed by atoms with E-state index in [-0.39, 0.29) is 18.0 Å². The van der Waals surface area contributed by atoms with Crippen molar-refractivity contribution in [1.29, 1.82) is 0 Å². The van der Waals surface area contributed by atoms with Gasteiger partial charge in [-0.25, -0.2) is 0 Å². The van der Waals surface area contributed by atoms with Crippen LogP contribution in [0.1, 0.15) is 46.5 Å². The van der Waals surface area contributed by atoms with Crippen LogP contribution in [0.2, 0.25) is 0 Å². The quantitative estimate of drug-likeness (QED) is 0.721. The Kier molecular flexibility index (Phi) is 3.51. The van der Waals surface area contributed by atoms with Gasteiger partial charge in [-0.05, 0) is 41.6 Å². The van der Waals surface area contributed by atoms with Gasteiger partial charge in [0.25, 0.3) is 0 Å². The summed E-state index contributed by atoms with van der Waals surface area (Å²) in [5.41, 5.74) is 1.98. The zero-order valence-corrected chi connectivity index (χ0v) is 13.4. The van der Waals surface area contributed by atoms with Crippen molar-refractivity contribution in [1.82, 2.24) is 0 Å². The van der Waals surface area contributed by atoms with Gasteiger partial charge in [-0.15, -0.1) is 0 Å². The number of ether oxygens (including phenoxy) is 3. The Bertz CT molecular complexity index is 414. The number of allylic oxidation sites excluding steroid dienone is 1. The molecule has 0 spiro atoms. The molecule has 1 unspecified atom stereocenters. The molecule has 5 atom stereocenters. The fourth-order valence-electron chi connectivity index (χ4n) is 5.26. The van der Waals surface area contributed by atoms with Gasteiger partial charge < -0.3 is 14.2 Å². The Morgan fingerprint density at radius 2 is 1.90 bits per heavy atom. The van der Waals surface area contributed by atoms with Crippen molar-refractivity contribution < 1.29 is 14.2 Å². The standard InChI is InChI=1S/C17H28O3/c1-16(2)9-6-10-17(3)12(16)8-7-11-13(17)15(19-5)20-14(11)18-4/h7,12-15H,6,8-10H2,1-5H3/t12?,13-,14+,15-,17+/m1/s1. The molecule has 0 aromatic rings. The van der Waals surface area contributed by atoms with Crippen LogP contribution in [-0.2, 0) is 14.2 Å². The van der Waals surface area contributed by atoms with E-state index < -0.39 is 0 Å². The fraction of sp³-hybridized carbons (Fsp3) is 0.882. The van der Waals surface area contributed by atoms with Crippen LogP contribution >= 0.6 is 0 Å². The molecule has 0 bridgehead atoms. The van der Waals surface area contributed by atoms with Gasteiger partial charge in [0.15, 0.2) is 12.6 Å². The maximum atomic E-state index is 5.98. The highest BCUT2D eigenvalue weighted by Gasteiger charge is 2.59. The van der Waals surface area contributed by atoms with Crippen LogP contribution in [0.25, 0.3) is 0 Å². The first-order valence-corrected chi connectivity index (χ1v) is 7.85. The SMILES string of the molecule is CO[C@H]1O[C@@H](OC)[C@H]2C1=CCC1C(C)(C)CCC[C@@]12C. The minimum Gasteiger partial charge on any atom is -0.355 e. The van der Waals surface area contributed by atoms with Crippen LogP contribution in [-0.4, -0.2) is 26.8 Å². The molecule has 1 saturated heterocycles. The van der Waals surface area contributed by atoms with Crippen LogP contribution in [0.4, 0.5) is 0 Å². The normalized spacial score (nSPS) is 46.5. The van der Waals surface area contributed by atoms with E-state index in [1.165, 1.54) is 24.8 Å². The summed E-state index contributed by atoms with van der Waals surface area (Å²) in [6, 6.07) is 0. The monoisotopic (exact) mass is 280 g/mol. The molecule has 3 heteroatoms. The number of hydrogen-bond donors (Lipinski definition) is 0. The minimum absolute atomic E-state index is 0.159.